The average Bonchev–Trinajstić information content (AvgIpc) is 3.12. The fourth-order valence-electron chi connectivity index (χ4n) is 3.67. The summed E-state index contributed by atoms with van der Waals surface area (Å²) in [7, 11) is 1.82. The molecule has 0 saturated heterocycles. The van der Waals surface area contributed by atoms with Crippen molar-refractivity contribution in [3.05, 3.63) is 79.7 Å². The number of benzene rings is 2. The van der Waals surface area contributed by atoms with Crippen LogP contribution in [0, 0.1) is 12.3 Å². The van der Waals surface area contributed by atoms with Gasteiger partial charge in [-0.3, -0.25) is 9.25 Å². The first-order valence-electron chi connectivity index (χ1n) is 10.7. The van der Waals surface area contributed by atoms with E-state index < -0.39 is 11.4 Å². The Bertz CT molecular complexity index is 1530. The molecule has 0 fully saturated rings. The Hall–Kier alpha value is -3.83. The molecule has 0 radical (unpaired) electrons. The SMILES string of the molecule is C#CCn1c(=O)nc(Nc2cc3cn(C)nc3cc2Cl)n(Cc2ccc(C(C)(C)C)cc2)c1=O. The minimum Gasteiger partial charge on any atom is -0.324 e. The first-order valence-corrected chi connectivity index (χ1v) is 11.1. The lowest BCUT2D eigenvalue weighted by molar-refractivity contribution is 0.587. The standard InChI is InChI=1S/C25H25ClN6O2/c1-6-11-31-23(33)28-22(27-21-12-17-15-30(5)29-20(17)13-19(21)26)32(24(31)34)14-16-7-9-18(10-8-16)25(2,3)4/h1,7-10,12-13,15H,11,14H2,2-5H3,(H,27,28,33). The zero-order chi connectivity index (χ0) is 24.6. The lowest BCUT2D eigenvalue weighted by Gasteiger charge is -2.20. The largest absolute Gasteiger partial charge is 0.355 e. The number of fused-ring (bicyclic) bond motifs is 1. The van der Waals surface area contributed by atoms with E-state index in [9.17, 15) is 9.59 Å². The van der Waals surface area contributed by atoms with Crippen LogP contribution in [0.1, 0.15) is 31.9 Å². The van der Waals surface area contributed by atoms with E-state index in [1.807, 2.05) is 37.5 Å². The average molecular weight is 477 g/mol. The topological polar surface area (TPSA) is 86.7 Å². The molecule has 34 heavy (non-hydrogen) atoms. The van der Waals surface area contributed by atoms with Crippen molar-refractivity contribution in [2.75, 3.05) is 5.32 Å². The molecular weight excluding hydrogens is 452 g/mol. The van der Waals surface area contributed by atoms with Crippen molar-refractivity contribution in [1.29, 1.82) is 0 Å². The molecule has 1 N–H and O–H groups in total. The maximum Gasteiger partial charge on any atom is 0.355 e. The summed E-state index contributed by atoms with van der Waals surface area (Å²) >= 11 is 6.46. The van der Waals surface area contributed by atoms with Crippen molar-refractivity contribution in [1.82, 2.24) is 23.9 Å². The predicted molar refractivity (Wildman–Crippen MR) is 135 cm³/mol. The third kappa shape index (κ3) is 4.61. The number of rotatable bonds is 5. The number of aromatic nitrogens is 5. The molecule has 0 spiro atoms. The maximum absolute atomic E-state index is 13.2. The van der Waals surface area contributed by atoms with Gasteiger partial charge < -0.3 is 5.32 Å². The summed E-state index contributed by atoms with van der Waals surface area (Å²) in [4.78, 5) is 29.9. The predicted octanol–water partition coefficient (Wildman–Crippen LogP) is 3.67. The zero-order valence-electron chi connectivity index (χ0n) is 19.5. The molecule has 0 aliphatic carbocycles. The first kappa shape index (κ1) is 23.3. The van der Waals surface area contributed by atoms with Gasteiger partial charge in [0.1, 0.15) is 0 Å². The fraction of sp³-hybridized carbons (Fsp3) is 0.280. The Kier molecular flexibility index (Phi) is 6.07. The van der Waals surface area contributed by atoms with Gasteiger partial charge in [0.2, 0.25) is 5.95 Å². The summed E-state index contributed by atoms with van der Waals surface area (Å²) in [6.45, 7) is 6.43. The van der Waals surface area contributed by atoms with Crippen molar-refractivity contribution >= 4 is 34.1 Å². The van der Waals surface area contributed by atoms with E-state index in [-0.39, 0.29) is 24.5 Å². The number of terminal acetylenes is 1. The van der Waals surface area contributed by atoms with Crippen LogP contribution in [-0.4, -0.2) is 23.9 Å². The summed E-state index contributed by atoms with van der Waals surface area (Å²) in [6.07, 6.45) is 7.21. The molecule has 4 aromatic rings. The van der Waals surface area contributed by atoms with Crippen LogP contribution in [0.4, 0.5) is 11.6 Å². The molecule has 8 nitrogen and oxygen atoms in total. The lowest BCUT2D eigenvalue weighted by Crippen LogP contribution is -2.42. The van der Waals surface area contributed by atoms with Crippen LogP contribution < -0.4 is 16.7 Å². The molecule has 0 aliphatic rings. The third-order valence-corrected chi connectivity index (χ3v) is 5.83. The molecule has 0 saturated carbocycles. The normalized spacial score (nSPS) is 11.5. The zero-order valence-corrected chi connectivity index (χ0v) is 20.2. The summed E-state index contributed by atoms with van der Waals surface area (Å²) in [5.41, 5.74) is 1.99. The Labute approximate surface area is 201 Å². The van der Waals surface area contributed by atoms with Gasteiger partial charge in [0.15, 0.2) is 0 Å². The number of hydrogen-bond donors (Lipinski definition) is 1. The van der Waals surface area contributed by atoms with Crippen molar-refractivity contribution in [3.8, 4) is 12.3 Å². The smallest absolute Gasteiger partial charge is 0.324 e. The van der Waals surface area contributed by atoms with E-state index in [4.69, 9.17) is 18.0 Å². The number of aryl methyl sites for hydroxylation is 1. The lowest BCUT2D eigenvalue weighted by atomic mass is 9.87. The quantitative estimate of drug-likeness (QED) is 0.444. The van der Waals surface area contributed by atoms with Gasteiger partial charge in [-0.05, 0) is 28.7 Å². The third-order valence-electron chi connectivity index (χ3n) is 5.51. The van der Waals surface area contributed by atoms with Crippen molar-refractivity contribution in [3.63, 3.8) is 0 Å². The first-order chi connectivity index (χ1) is 16.1. The molecular formula is C25H25ClN6O2. The summed E-state index contributed by atoms with van der Waals surface area (Å²) in [6, 6.07) is 11.5. The Morgan fingerprint density at radius 1 is 1.12 bits per heavy atom. The number of nitrogens with zero attached hydrogens (tertiary/aromatic N) is 5. The molecule has 0 aliphatic heterocycles. The molecule has 0 amide bonds. The Balaban J connectivity index is 1.79. The van der Waals surface area contributed by atoms with Gasteiger partial charge in [0.05, 0.1) is 29.3 Å². The fourth-order valence-corrected chi connectivity index (χ4v) is 3.88. The monoisotopic (exact) mass is 476 g/mol. The molecule has 174 valence electrons. The molecule has 2 aromatic heterocycles. The van der Waals surface area contributed by atoms with Gasteiger partial charge >= 0.3 is 11.4 Å². The summed E-state index contributed by atoms with van der Waals surface area (Å²) in [5, 5.41) is 8.64. The highest BCUT2D eigenvalue weighted by molar-refractivity contribution is 6.34. The van der Waals surface area contributed by atoms with E-state index in [0.29, 0.717) is 10.7 Å². The van der Waals surface area contributed by atoms with E-state index in [1.54, 1.807) is 16.8 Å². The summed E-state index contributed by atoms with van der Waals surface area (Å²) < 4.78 is 4.00. The van der Waals surface area contributed by atoms with Crippen LogP contribution in [0.2, 0.25) is 5.02 Å². The van der Waals surface area contributed by atoms with E-state index in [1.165, 1.54) is 10.1 Å². The highest BCUT2D eigenvalue weighted by atomic mass is 35.5. The minimum atomic E-state index is -0.733. The van der Waals surface area contributed by atoms with Crippen LogP contribution in [0.5, 0.6) is 0 Å². The molecule has 0 unspecified atom stereocenters. The van der Waals surface area contributed by atoms with Gasteiger partial charge in [0, 0.05) is 18.6 Å². The molecule has 4 rings (SSSR count). The van der Waals surface area contributed by atoms with Crippen molar-refractivity contribution in [2.24, 2.45) is 7.05 Å². The minimum absolute atomic E-state index is 0.00531. The highest BCUT2D eigenvalue weighted by Crippen LogP contribution is 2.29. The molecule has 2 heterocycles. The Morgan fingerprint density at radius 2 is 1.82 bits per heavy atom. The number of anilines is 2. The number of nitrogens with one attached hydrogen (secondary N) is 1. The van der Waals surface area contributed by atoms with E-state index in [2.05, 4.69) is 42.1 Å². The molecule has 2 aromatic carbocycles. The van der Waals surface area contributed by atoms with Crippen LogP contribution in [0.15, 0.2) is 52.2 Å². The van der Waals surface area contributed by atoms with Crippen molar-refractivity contribution in [2.45, 2.75) is 39.3 Å². The van der Waals surface area contributed by atoms with Crippen molar-refractivity contribution < 1.29 is 0 Å². The van der Waals surface area contributed by atoms with Gasteiger partial charge in [-0.2, -0.15) is 10.1 Å². The molecule has 0 bridgehead atoms. The van der Waals surface area contributed by atoms with Crippen LogP contribution >= 0.6 is 11.6 Å². The second-order valence-corrected chi connectivity index (χ2v) is 9.55. The van der Waals surface area contributed by atoms with Gasteiger partial charge in [-0.15, -0.1) is 6.42 Å². The Morgan fingerprint density at radius 3 is 2.47 bits per heavy atom. The van der Waals surface area contributed by atoms with E-state index >= 15 is 0 Å². The van der Waals surface area contributed by atoms with Gasteiger partial charge in [0.25, 0.3) is 0 Å². The molecule has 9 heteroatoms. The summed E-state index contributed by atoms with van der Waals surface area (Å²) in [5.74, 6) is 2.42. The number of hydrogen-bond acceptors (Lipinski definition) is 5. The van der Waals surface area contributed by atoms with Crippen LogP contribution in [0.25, 0.3) is 10.9 Å². The highest BCUT2D eigenvalue weighted by Gasteiger charge is 2.17. The second kappa shape index (κ2) is 8.84. The van der Waals surface area contributed by atoms with Crippen LogP contribution in [-0.2, 0) is 25.6 Å². The second-order valence-electron chi connectivity index (χ2n) is 9.14. The number of halogens is 1. The van der Waals surface area contributed by atoms with Gasteiger partial charge in [-0.1, -0.05) is 62.6 Å². The van der Waals surface area contributed by atoms with Crippen LogP contribution in [0.3, 0.4) is 0 Å². The maximum atomic E-state index is 13.2. The van der Waals surface area contributed by atoms with E-state index in [0.717, 1.165) is 21.0 Å². The van der Waals surface area contributed by atoms with Gasteiger partial charge in [-0.25, -0.2) is 14.2 Å². The molecule has 0 atom stereocenters.